The molecule has 0 aromatic carbocycles. The van der Waals surface area contributed by atoms with Crippen molar-refractivity contribution < 1.29 is 9.57 Å². The molecule has 1 radical (unpaired) electrons. The zero-order chi connectivity index (χ0) is 5.11. The smallest absolute Gasteiger partial charge is 0.181 e. The summed E-state index contributed by atoms with van der Waals surface area (Å²) in [7, 11) is 1.61. The Labute approximate surface area is 42.6 Å². The Balaban J connectivity index is 2.14. The Kier molecular flexibility index (Phi) is 1.62. The van der Waals surface area contributed by atoms with Crippen molar-refractivity contribution in [1.82, 2.24) is 5.48 Å². The highest BCUT2D eigenvalue weighted by Gasteiger charge is 2.12. The Morgan fingerprint density at radius 1 is 2.00 bits per heavy atom. The predicted octanol–water partition coefficient (Wildman–Crippen LogP) is -0.302. The lowest BCUT2D eigenvalue weighted by Crippen LogP contribution is -2.10. The van der Waals surface area contributed by atoms with Crippen molar-refractivity contribution in [3.05, 3.63) is 6.42 Å². The van der Waals surface area contributed by atoms with Crippen LogP contribution in [0.2, 0.25) is 0 Å². The van der Waals surface area contributed by atoms with E-state index in [-0.39, 0.29) is 6.29 Å². The van der Waals surface area contributed by atoms with Crippen LogP contribution in [0.25, 0.3) is 0 Å². The first-order chi connectivity index (χ1) is 3.43. The maximum atomic E-state index is 4.77. The lowest BCUT2D eigenvalue weighted by Gasteiger charge is -2.01. The van der Waals surface area contributed by atoms with Gasteiger partial charge in [0, 0.05) is 20.1 Å². The molecule has 0 amide bonds. The van der Waals surface area contributed by atoms with Crippen LogP contribution in [0.1, 0.15) is 0 Å². The second-order valence-electron chi connectivity index (χ2n) is 1.31. The summed E-state index contributed by atoms with van der Waals surface area (Å²) in [5.41, 5.74) is 2.64. The van der Waals surface area contributed by atoms with E-state index < -0.39 is 0 Å². The van der Waals surface area contributed by atoms with Crippen LogP contribution in [-0.2, 0) is 9.57 Å². The van der Waals surface area contributed by atoms with Gasteiger partial charge >= 0.3 is 0 Å². The van der Waals surface area contributed by atoms with E-state index >= 15 is 0 Å². The number of hydrogen-bond acceptors (Lipinski definition) is 3. The average molecular weight is 102 g/mol. The van der Waals surface area contributed by atoms with Crippen molar-refractivity contribution in [2.75, 3.05) is 13.7 Å². The molecule has 1 aliphatic heterocycles. The summed E-state index contributed by atoms with van der Waals surface area (Å²) in [5, 5.41) is 0. The Morgan fingerprint density at radius 2 is 2.86 bits per heavy atom. The minimum absolute atomic E-state index is 0.139. The predicted molar refractivity (Wildman–Crippen MR) is 24.2 cm³/mol. The van der Waals surface area contributed by atoms with Crippen LogP contribution in [0.5, 0.6) is 0 Å². The maximum absolute atomic E-state index is 4.77. The minimum atomic E-state index is -0.139. The molecule has 0 aromatic heterocycles. The fraction of sp³-hybridized carbons (Fsp3) is 0.750. The third-order valence-corrected chi connectivity index (χ3v) is 0.825. The number of methoxy groups -OCH3 is 1. The van der Waals surface area contributed by atoms with Gasteiger partial charge in [-0.05, 0) is 0 Å². The van der Waals surface area contributed by atoms with Crippen LogP contribution < -0.4 is 5.48 Å². The molecule has 7 heavy (non-hydrogen) atoms. The molecule has 1 aliphatic rings. The summed E-state index contributed by atoms with van der Waals surface area (Å²) >= 11 is 0. The van der Waals surface area contributed by atoms with Crippen LogP contribution in [0.4, 0.5) is 0 Å². The summed E-state index contributed by atoms with van der Waals surface area (Å²) in [6, 6.07) is 0. The first-order valence-corrected chi connectivity index (χ1v) is 2.18. The number of hydrogen-bond donors (Lipinski definition) is 1. The SMILES string of the molecule is COC1[CH]CNO1. The van der Waals surface area contributed by atoms with Crippen LogP contribution in [-0.4, -0.2) is 19.9 Å². The lowest BCUT2D eigenvalue weighted by atomic mass is 10.4. The van der Waals surface area contributed by atoms with Crippen molar-refractivity contribution in [2.45, 2.75) is 6.29 Å². The van der Waals surface area contributed by atoms with Crippen molar-refractivity contribution in [3.8, 4) is 0 Å². The zero-order valence-electron chi connectivity index (χ0n) is 4.18. The van der Waals surface area contributed by atoms with Crippen LogP contribution in [0, 0.1) is 6.42 Å². The highest BCUT2D eigenvalue weighted by Crippen LogP contribution is 1.99. The molecule has 3 nitrogen and oxygen atoms in total. The Morgan fingerprint density at radius 3 is 3.14 bits per heavy atom. The van der Waals surface area contributed by atoms with Gasteiger partial charge in [-0.3, -0.25) is 4.84 Å². The third-order valence-electron chi connectivity index (χ3n) is 0.825. The monoisotopic (exact) mass is 102 g/mol. The molecule has 0 aliphatic carbocycles. The van der Waals surface area contributed by atoms with E-state index in [1.807, 2.05) is 6.42 Å². The molecule has 0 saturated carbocycles. The van der Waals surface area contributed by atoms with E-state index in [0.717, 1.165) is 6.54 Å². The molecule has 1 unspecified atom stereocenters. The summed E-state index contributed by atoms with van der Waals surface area (Å²) in [6.07, 6.45) is 1.76. The molecular formula is C4H8NO2. The Bertz CT molecular complexity index is 51.7. The number of hydroxylamine groups is 1. The van der Waals surface area contributed by atoms with Crippen molar-refractivity contribution in [1.29, 1.82) is 0 Å². The zero-order valence-corrected chi connectivity index (χ0v) is 4.18. The summed E-state index contributed by atoms with van der Waals surface area (Å²) in [4.78, 5) is 4.77. The van der Waals surface area contributed by atoms with E-state index in [1.54, 1.807) is 7.11 Å². The topological polar surface area (TPSA) is 30.5 Å². The molecule has 1 fully saturated rings. The fourth-order valence-electron chi connectivity index (χ4n) is 0.467. The molecule has 0 aromatic rings. The molecule has 0 bridgehead atoms. The van der Waals surface area contributed by atoms with Gasteiger partial charge in [0.1, 0.15) is 0 Å². The van der Waals surface area contributed by atoms with E-state index in [0.29, 0.717) is 0 Å². The third kappa shape index (κ3) is 1.12. The standard InChI is InChI=1S/C4H8NO2/c1-6-4-2-3-5-7-4/h2,4-5H,3H2,1H3. The van der Waals surface area contributed by atoms with Gasteiger partial charge in [0.2, 0.25) is 0 Å². The Hall–Kier alpha value is -0.120. The molecule has 1 N–H and O–H groups in total. The van der Waals surface area contributed by atoms with Crippen LogP contribution in [0.3, 0.4) is 0 Å². The summed E-state index contributed by atoms with van der Waals surface area (Å²) in [6.45, 7) is 0.776. The quantitative estimate of drug-likeness (QED) is 0.493. The van der Waals surface area contributed by atoms with Crippen LogP contribution in [0.15, 0.2) is 0 Å². The van der Waals surface area contributed by atoms with E-state index in [9.17, 15) is 0 Å². The number of nitrogens with one attached hydrogen (secondary N) is 1. The normalized spacial score (nSPS) is 31.3. The van der Waals surface area contributed by atoms with Gasteiger partial charge < -0.3 is 4.74 Å². The summed E-state index contributed by atoms with van der Waals surface area (Å²) < 4.78 is 4.77. The minimum Gasteiger partial charge on any atom is -0.354 e. The fourth-order valence-corrected chi connectivity index (χ4v) is 0.467. The second kappa shape index (κ2) is 2.26. The summed E-state index contributed by atoms with van der Waals surface area (Å²) in [5.74, 6) is 0. The number of rotatable bonds is 1. The van der Waals surface area contributed by atoms with E-state index in [2.05, 4.69) is 5.48 Å². The largest absolute Gasteiger partial charge is 0.354 e. The molecular weight excluding hydrogens is 94.0 g/mol. The maximum Gasteiger partial charge on any atom is 0.181 e. The van der Waals surface area contributed by atoms with Gasteiger partial charge in [0.15, 0.2) is 6.29 Å². The van der Waals surface area contributed by atoms with Gasteiger partial charge in [-0.2, -0.15) is 5.48 Å². The van der Waals surface area contributed by atoms with Gasteiger partial charge in [-0.25, -0.2) is 0 Å². The second-order valence-corrected chi connectivity index (χ2v) is 1.31. The average Bonchev–Trinajstić information content (AvgIpc) is 2.14. The van der Waals surface area contributed by atoms with Gasteiger partial charge in [0.05, 0.1) is 0 Å². The van der Waals surface area contributed by atoms with E-state index in [1.165, 1.54) is 0 Å². The van der Waals surface area contributed by atoms with Crippen molar-refractivity contribution in [3.63, 3.8) is 0 Å². The first-order valence-electron chi connectivity index (χ1n) is 2.18. The van der Waals surface area contributed by atoms with Crippen molar-refractivity contribution >= 4 is 0 Å². The highest BCUT2D eigenvalue weighted by molar-refractivity contribution is 4.74. The molecule has 3 heteroatoms. The van der Waals surface area contributed by atoms with E-state index in [4.69, 9.17) is 9.57 Å². The van der Waals surface area contributed by atoms with Gasteiger partial charge in [-0.15, -0.1) is 0 Å². The first kappa shape index (κ1) is 5.03. The van der Waals surface area contributed by atoms with Crippen LogP contribution >= 0.6 is 0 Å². The molecule has 1 heterocycles. The lowest BCUT2D eigenvalue weighted by molar-refractivity contribution is -0.110. The molecule has 1 atom stereocenters. The van der Waals surface area contributed by atoms with Gasteiger partial charge in [0.25, 0.3) is 0 Å². The molecule has 1 rings (SSSR count). The van der Waals surface area contributed by atoms with Crippen molar-refractivity contribution in [2.24, 2.45) is 0 Å². The molecule has 41 valence electrons. The molecule has 1 saturated heterocycles. The number of ether oxygens (including phenoxy) is 1. The molecule has 0 spiro atoms. The highest BCUT2D eigenvalue weighted by atomic mass is 16.8. The van der Waals surface area contributed by atoms with Gasteiger partial charge in [-0.1, -0.05) is 0 Å².